The Morgan fingerprint density at radius 3 is 2.71 bits per heavy atom. The lowest BCUT2D eigenvalue weighted by Crippen LogP contribution is -2.36. The molecule has 0 N–H and O–H groups in total. The van der Waals surface area contributed by atoms with Crippen LogP contribution in [0, 0.1) is 12.8 Å². The van der Waals surface area contributed by atoms with Gasteiger partial charge in [-0.1, -0.05) is 6.07 Å². The van der Waals surface area contributed by atoms with Crippen LogP contribution in [0.5, 0.6) is 5.88 Å². The van der Waals surface area contributed by atoms with Crippen LogP contribution in [0.15, 0.2) is 29.1 Å². The van der Waals surface area contributed by atoms with Crippen molar-refractivity contribution in [3.8, 4) is 17.1 Å². The lowest BCUT2D eigenvalue weighted by atomic mass is 9.92. The molecule has 1 atom stereocenters. The second-order valence-electron chi connectivity index (χ2n) is 9.23. The molecular formula is C26H32N2O6. The van der Waals surface area contributed by atoms with E-state index >= 15 is 0 Å². The van der Waals surface area contributed by atoms with Crippen molar-refractivity contribution in [1.82, 2.24) is 4.57 Å². The minimum atomic E-state index is -0.122. The second-order valence-corrected chi connectivity index (χ2v) is 9.23. The number of aryl methyl sites for hydroxylation is 1. The van der Waals surface area contributed by atoms with Crippen molar-refractivity contribution in [1.29, 1.82) is 0 Å². The first-order chi connectivity index (χ1) is 16.5. The molecule has 0 spiro atoms. The minimum absolute atomic E-state index is 0.00993. The van der Waals surface area contributed by atoms with E-state index in [1.165, 1.54) is 12.7 Å². The number of nitrogens with zero attached hydrogens (tertiary/aromatic N) is 2. The van der Waals surface area contributed by atoms with Crippen LogP contribution < -0.4 is 15.1 Å². The molecule has 3 aliphatic heterocycles. The van der Waals surface area contributed by atoms with Crippen LogP contribution in [-0.4, -0.2) is 63.3 Å². The van der Waals surface area contributed by atoms with Crippen LogP contribution in [0.25, 0.3) is 11.3 Å². The van der Waals surface area contributed by atoms with Crippen molar-refractivity contribution < 1.29 is 23.7 Å². The molecule has 1 aromatic heterocycles. The molecule has 182 valence electrons. The van der Waals surface area contributed by atoms with Crippen LogP contribution in [0.4, 0.5) is 5.69 Å². The van der Waals surface area contributed by atoms with Crippen LogP contribution in [0.2, 0.25) is 0 Å². The van der Waals surface area contributed by atoms with Crippen molar-refractivity contribution in [3.63, 3.8) is 0 Å². The van der Waals surface area contributed by atoms with Crippen molar-refractivity contribution in [3.05, 3.63) is 45.6 Å². The number of hydrogen-bond donors (Lipinski definition) is 0. The molecular weight excluding hydrogens is 436 g/mol. The molecule has 1 aromatic carbocycles. The van der Waals surface area contributed by atoms with Gasteiger partial charge in [-0.2, -0.15) is 0 Å². The maximum atomic E-state index is 12.8. The third-order valence-corrected chi connectivity index (χ3v) is 7.16. The van der Waals surface area contributed by atoms with Gasteiger partial charge >= 0.3 is 5.97 Å². The highest BCUT2D eigenvalue weighted by Gasteiger charge is 2.27. The summed E-state index contributed by atoms with van der Waals surface area (Å²) in [6.07, 6.45) is 2.34. The highest BCUT2D eigenvalue weighted by Crippen LogP contribution is 2.36. The Kier molecular flexibility index (Phi) is 6.61. The Morgan fingerprint density at radius 2 is 1.97 bits per heavy atom. The molecule has 34 heavy (non-hydrogen) atoms. The lowest BCUT2D eigenvalue weighted by Gasteiger charge is -2.34. The Hall–Kier alpha value is -2.84. The number of anilines is 1. The molecule has 4 heterocycles. The predicted molar refractivity (Wildman–Crippen MR) is 128 cm³/mol. The summed E-state index contributed by atoms with van der Waals surface area (Å²) in [7, 11) is 1.46. The van der Waals surface area contributed by atoms with Gasteiger partial charge in [-0.25, -0.2) is 0 Å². The number of pyridine rings is 1. The third kappa shape index (κ3) is 4.44. The molecule has 0 unspecified atom stereocenters. The largest absolute Gasteiger partial charge is 0.476 e. The molecule has 0 bridgehead atoms. The van der Waals surface area contributed by atoms with Crippen LogP contribution in [0.1, 0.15) is 24.0 Å². The summed E-state index contributed by atoms with van der Waals surface area (Å²) in [6.45, 7) is 6.33. The van der Waals surface area contributed by atoms with Crippen LogP contribution in [-0.2, 0) is 32.0 Å². The zero-order valence-electron chi connectivity index (χ0n) is 19.9. The van der Waals surface area contributed by atoms with Gasteiger partial charge in [0.25, 0.3) is 0 Å². The quantitative estimate of drug-likeness (QED) is 0.624. The molecule has 0 radical (unpaired) electrons. The van der Waals surface area contributed by atoms with Crippen molar-refractivity contribution >= 4 is 11.7 Å². The summed E-state index contributed by atoms with van der Waals surface area (Å²) in [5, 5.41) is 0. The molecule has 8 nitrogen and oxygen atoms in total. The van der Waals surface area contributed by atoms with Crippen LogP contribution >= 0.6 is 0 Å². The van der Waals surface area contributed by atoms with E-state index in [9.17, 15) is 9.59 Å². The summed E-state index contributed by atoms with van der Waals surface area (Å²) in [4.78, 5) is 27.0. The normalized spacial score (nSPS) is 20.4. The van der Waals surface area contributed by atoms with E-state index in [4.69, 9.17) is 18.9 Å². The zero-order valence-corrected chi connectivity index (χ0v) is 19.9. The molecule has 8 heteroatoms. The predicted octanol–water partition coefficient (Wildman–Crippen LogP) is 2.56. The standard InChI is InChI=1S/C26H32N2O6/c1-17-23(29)14-24(34-16-21-15-32-11-12-33-21)28-10-7-19-13-20(3-4-22(19)25(17)28)27-8-5-18(6-9-27)26(30)31-2/h3-4,13-14,18,21H,5-12,15-16H2,1-2H3/t21-/m0/s1. The number of piperidine rings is 1. The third-order valence-electron chi connectivity index (χ3n) is 7.16. The molecule has 3 aliphatic rings. The number of hydrogen-bond acceptors (Lipinski definition) is 7. The van der Waals surface area contributed by atoms with Gasteiger partial charge in [-0.15, -0.1) is 0 Å². The second kappa shape index (κ2) is 9.80. The number of methoxy groups -OCH3 is 1. The smallest absolute Gasteiger partial charge is 0.308 e. The van der Waals surface area contributed by atoms with Gasteiger partial charge in [-0.3, -0.25) is 9.59 Å². The SMILES string of the molecule is COC(=O)C1CCN(c2ccc3c(c2)CCn2c(OC[C@@H]4COCCO4)cc(=O)c(C)c2-3)CC1. The monoisotopic (exact) mass is 468 g/mol. The maximum absolute atomic E-state index is 12.8. The number of carbonyl (C=O) groups is 1. The van der Waals surface area contributed by atoms with E-state index in [1.54, 1.807) is 6.07 Å². The van der Waals surface area contributed by atoms with Crippen molar-refractivity contribution in [2.75, 3.05) is 51.5 Å². The number of aromatic nitrogens is 1. The fraction of sp³-hybridized carbons (Fsp3) is 0.538. The molecule has 5 rings (SSSR count). The topological polar surface area (TPSA) is 79.2 Å². The van der Waals surface area contributed by atoms with Crippen molar-refractivity contribution in [2.24, 2.45) is 5.92 Å². The minimum Gasteiger partial charge on any atom is -0.476 e. The number of carbonyl (C=O) groups excluding carboxylic acids is 1. The maximum Gasteiger partial charge on any atom is 0.308 e. The Balaban J connectivity index is 1.38. The average Bonchev–Trinajstić information content (AvgIpc) is 2.89. The fourth-order valence-electron chi connectivity index (χ4n) is 5.21. The first kappa shape index (κ1) is 22.9. The van der Waals surface area contributed by atoms with Gasteiger partial charge in [0.15, 0.2) is 11.3 Å². The Bertz CT molecular complexity index is 1110. The van der Waals surface area contributed by atoms with E-state index in [-0.39, 0.29) is 23.4 Å². The summed E-state index contributed by atoms with van der Waals surface area (Å²) in [6, 6.07) is 8.07. The van der Waals surface area contributed by atoms with Crippen LogP contribution in [0.3, 0.4) is 0 Å². The lowest BCUT2D eigenvalue weighted by molar-refractivity contribution is -0.146. The first-order valence-corrected chi connectivity index (χ1v) is 12.1. The summed E-state index contributed by atoms with van der Waals surface area (Å²) in [5.74, 6) is 0.465. The summed E-state index contributed by atoms with van der Waals surface area (Å²) in [5.41, 5.74) is 5.12. The van der Waals surface area contributed by atoms with E-state index in [0.29, 0.717) is 32.3 Å². The zero-order chi connectivity index (χ0) is 23.7. The Labute approximate surface area is 199 Å². The molecule has 0 amide bonds. The number of ether oxygens (including phenoxy) is 4. The average molecular weight is 469 g/mol. The van der Waals surface area contributed by atoms with Crippen molar-refractivity contribution in [2.45, 2.75) is 38.8 Å². The van der Waals surface area contributed by atoms with Gasteiger partial charge < -0.3 is 28.4 Å². The Morgan fingerprint density at radius 1 is 1.15 bits per heavy atom. The number of fused-ring (bicyclic) bond motifs is 3. The highest BCUT2D eigenvalue weighted by atomic mass is 16.6. The molecule has 0 saturated carbocycles. The van der Waals surface area contributed by atoms with E-state index in [2.05, 4.69) is 27.7 Å². The molecule has 2 fully saturated rings. The van der Waals surface area contributed by atoms with E-state index in [0.717, 1.165) is 61.4 Å². The van der Waals surface area contributed by atoms with Gasteiger partial charge in [0, 0.05) is 42.5 Å². The van der Waals surface area contributed by atoms with Gasteiger partial charge in [0.05, 0.1) is 38.5 Å². The van der Waals surface area contributed by atoms with Gasteiger partial charge in [-0.05, 0) is 43.9 Å². The highest BCUT2D eigenvalue weighted by molar-refractivity contribution is 5.74. The number of rotatable bonds is 5. The van der Waals surface area contributed by atoms with E-state index in [1.807, 2.05) is 6.92 Å². The van der Waals surface area contributed by atoms with Gasteiger partial charge in [0.2, 0.25) is 0 Å². The fourth-order valence-corrected chi connectivity index (χ4v) is 5.21. The number of benzene rings is 1. The van der Waals surface area contributed by atoms with Gasteiger partial charge in [0.1, 0.15) is 12.7 Å². The molecule has 0 aliphatic carbocycles. The van der Waals surface area contributed by atoms with E-state index < -0.39 is 0 Å². The molecule has 2 aromatic rings. The summed E-state index contributed by atoms with van der Waals surface area (Å²) < 4.78 is 24.2. The summed E-state index contributed by atoms with van der Waals surface area (Å²) >= 11 is 0. The molecule has 2 saturated heterocycles. The first-order valence-electron chi connectivity index (χ1n) is 12.1. The number of esters is 1.